The van der Waals surface area contributed by atoms with Crippen molar-refractivity contribution in [1.29, 1.82) is 0 Å². The van der Waals surface area contributed by atoms with Crippen LogP contribution >= 0.6 is 0 Å². The third-order valence-corrected chi connectivity index (χ3v) is 4.73. The Labute approximate surface area is 152 Å². The minimum atomic E-state index is 0.0128. The number of rotatable bonds is 17. The van der Waals surface area contributed by atoms with Crippen LogP contribution in [0.4, 0.5) is 0 Å². The fraction of sp³-hybridized carbons (Fsp3) is 0.955. The summed E-state index contributed by atoms with van der Waals surface area (Å²) in [7, 11) is 0. The van der Waals surface area contributed by atoms with E-state index in [1.165, 1.54) is 77.0 Å². The molecule has 0 aliphatic heterocycles. The average molecular weight is 341 g/mol. The molecular weight excluding hydrogens is 296 g/mol. The fourth-order valence-corrected chi connectivity index (χ4v) is 3.29. The molecule has 1 unspecified atom stereocenters. The van der Waals surface area contributed by atoms with Crippen LogP contribution in [0.15, 0.2) is 0 Å². The summed E-state index contributed by atoms with van der Waals surface area (Å²) in [6.07, 6.45) is 19.5. The van der Waals surface area contributed by atoms with E-state index < -0.39 is 0 Å². The molecule has 1 atom stereocenters. The maximum Gasteiger partial charge on any atom is 0.309 e. The number of esters is 1. The second-order valence-electron chi connectivity index (χ2n) is 7.65. The molecule has 144 valence electrons. The molecule has 0 N–H and O–H groups in total. The van der Waals surface area contributed by atoms with Crippen LogP contribution in [0, 0.1) is 5.92 Å². The van der Waals surface area contributed by atoms with Gasteiger partial charge in [-0.2, -0.15) is 0 Å². The van der Waals surface area contributed by atoms with Crippen molar-refractivity contribution in [3.05, 3.63) is 0 Å². The summed E-state index contributed by atoms with van der Waals surface area (Å²) in [6.45, 7) is 8.30. The molecule has 0 bridgehead atoms. The fourth-order valence-electron chi connectivity index (χ4n) is 3.29. The van der Waals surface area contributed by atoms with E-state index in [0.29, 0.717) is 0 Å². The molecule has 2 heteroatoms. The number of carbonyl (C=O) groups is 1. The number of unbranched alkanes of at least 4 members (excludes halogenated alkanes) is 11. The van der Waals surface area contributed by atoms with Crippen LogP contribution < -0.4 is 0 Å². The lowest BCUT2D eigenvalue weighted by Crippen LogP contribution is -2.21. The van der Waals surface area contributed by atoms with Gasteiger partial charge in [0.25, 0.3) is 0 Å². The van der Waals surface area contributed by atoms with Crippen LogP contribution in [0.3, 0.4) is 0 Å². The zero-order valence-corrected chi connectivity index (χ0v) is 17.1. The largest absolute Gasteiger partial charge is 0.463 e. The predicted octanol–water partition coefficient (Wildman–Crippen LogP) is 7.45. The van der Waals surface area contributed by atoms with Gasteiger partial charge < -0.3 is 4.74 Å². The van der Waals surface area contributed by atoms with Crippen molar-refractivity contribution in [2.24, 2.45) is 5.92 Å². The van der Waals surface area contributed by atoms with E-state index in [1.54, 1.807) is 0 Å². The van der Waals surface area contributed by atoms with Gasteiger partial charge in [0, 0.05) is 0 Å². The average Bonchev–Trinajstić information content (AvgIpc) is 2.54. The van der Waals surface area contributed by atoms with Crippen LogP contribution in [0.25, 0.3) is 0 Å². The first-order valence-corrected chi connectivity index (χ1v) is 10.8. The first kappa shape index (κ1) is 23.5. The standard InChI is InChI=1S/C22H44O2/c1-5-7-8-9-10-11-12-13-14-15-16-17-19-21(18-6-2)22(23)24-20(3)4/h20-21H,5-19H2,1-4H3. The minimum Gasteiger partial charge on any atom is -0.463 e. The molecule has 0 saturated heterocycles. The lowest BCUT2D eigenvalue weighted by Gasteiger charge is -2.17. The van der Waals surface area contributed by atoms with Gasteiger partial charge in [-0.1, -0.05) is 97.3 Å². The molecular formula is C22H44O2. The van der Waals surface area contributed by atoms with Crippen LogP contribution in [0.2, 0.25) is 0 Å². The van der Waals surface area contributed by atoms with Gasteiger partial charge in [-0.3, -0.25) is 4.79 Å². The Balaban J connectivity index is 3.50. The van der Waals surface area contributed by atoms with Crippen molar-refractivity contribution in [3.8, 4) is 0 Å². The van der Waals surface area contributed by atoms with Crippen LogP contribution in [-0.4, -0.2) is 12.1 Å². The van der Waals surface area contributed by atoms with Gasteiger partial charge in [-0.15, -0.1) is 0 Å². The predicted molar refractivity (Wildman–Crippen MR) is 105 cm³/mol. The first-order valence-electron chi connectivity index (χ1n) is 10.8. The van der Waals surface area contributed by atoms with E-state index >= 15 is 0 Å². The van der Waals surface area contributed by atoms with Crippen molar-refractivity contribution in [1.82, 2.24) is 0 Å². The highest BCUT2D eigenvalue weighted by atomic mass is 16.5. The topological polar surface area (TPSA) is 26.3 Å². The minimum absolute atomic E-state index is 0.0128. The van der Waals surface area contributed by atoms with E-state index in [9.17, 15) is 4.79 Å². The van der Waals surface area contributed by atoms with Crippen molar-refractivity contribution < 1.29 is 9.53 Å². The Kier molecular flexibility index (Phi) is 16.9. The van der Waals surface area contributed by atoms with Gasteiger partial charge in [-0.05, 0) is 26.7 Å². The molecule has 0 saturated carbocycles. The molecule has 0 aromatic heterocycles. The number of ether oxygens (including phenoxy) is 1. The van der Waals surface area contributed by atoms with Gasteiger partial charge >= 0.3 is 5.97 Å². The van der Waals surface area contributed by atoms with E-state index in [4.69, 9.17) is 4.74 Å². The number of carbonyl (C=O) groups excluding carboxylic acids is 1. The van der Waals surface area contributed by atoms with E-state index in [2.05, 4.69) is 13.8 Å². The maximum atomic E-state index is 12.1. The van der Waals surface area contributed by atoms with Gasteiger partial charge in [0.1, 0.15) is 0 Å². The maximum absolute atomic E-state index is 12.1. The van der Waals surface area contributed by atoms with E-state index in [1.807, 2.05) is 13.8 Å². The van der Waals surface area contributed by atoms with Crippen molar-refractivity contribution in [2.75, 3.05) is 0 Å². The quantitative estimate of drug-likeness (QED) is 0.203. The highest BCUT2D eigenvalue weighted by molar-refractivity contribution is 5.72. The van der Waals surface area contributed by atoms with Crippen LogP contribution in [0.1, 0.15) is 124 Å². The SMILES string of the molecule is CCCCCCCCCCCCCCC(CCC)C(=O)OC(C)C. The molecule has 0 aliphatic carbocycles. The van der Waals surface area contributed by atoms with E-state index in [-0.39, 0.29) is 18.0 Å². The molecule has 0 rings (SSSR count). The molecule has 0 aromatic carbocycles. The monoisotopic (exact) mass is 340 g/mol. The second-order valence-corrected chi connectivity index (χ2v) is 7.65. The Morgan fingerprint density at radius 1 is 0.667 bits per heavy atom. The third-order valence-electron chi connectivity index (χ3n) is 4.73. The Morgan fingerprint density at radius 2 is 1.12 bits per heavy atom. The van der Waals surface area contributed by atoms with Gasteiger partial charge in [0.15, 0.2) is 0 Å². The summed E-state index contributed by atoms with van der Waals surface area (Å²) in [5.74, 6) is 0.149. The molecule has 0 heterocycles. The normalized spacial score (nSPS) is 12.5. The Bertz CT molecular complexity index is 273. The lowest BCUT2D eigenvalue weighted by atomic mass is 9.96. The molecule has 0 aliphatic rings. The number of hydrogen-bond donors (Lipinski definition) is 0. The van der Waals surface area contributed by atoms with Crippen LogP contribution in [0.5, 0.6) is 0 Å². The molecule has 24 heavy (non-hydrogen) atoms. The Morgan fingerprint density at radius 3 is 1.54 bits per heavy atom. The highest BCUT2D eigenvalue weighted by Gasteiger charge is 2.19. The van der Waals surface area contributed by atoms with Crippen molar-refractivity contribution in [3.63, 3.8) is 0 Å². The van der Waals surface area contributed by atoms with Gasteiger partial charge in [0.05, 0.1) is 12.0 Å². The molecule has 0 radical (unpaired) electrons. The summed E-state index contributed by atoms with van der Waals surface area (Å²) in [4.78, 5) is 12.1. The Hall–Kier alpha value is -0.530. The van der Waals surface area contributed by atoms with E-state index in [0.717, 1.165) is 19.3 Å². The molecule has 0 aromatic rings. The zero-order valence-electron chi connectivity index (χ0n) is 17.1. The number of hydrogen-bond acceptors (Lipinski definition) is 2. The molecule has 0 fully saturated rings. The zero-order chi connectivity index (χ0) is 18.0. The smallest absolute Gasteiger partial charge is 0.309 e. The van der Waals surface area contributed by atoms with Crippen molar-refractivity contribution >= 4 is 5.97 Å². The second kappa shape index (κ2) is 17.3. The highest BCUT2D eigenvalue weighted by Crippen LogP contribution is 2.19. The van der Waals surface area contributed by atoms with Gasteiger partial charge in [-0.25, -0.2) is 0 Å². The molecule has 0 amide bonds. The first-order chi connectivity index (χ1) is 11.6. The summed E-state index contributed by atoms with van der Waals surface area (Å²) >= 11 is 0. The summed E-state index contributed by atoms with van der Waals surface area (Å²) in [5, 5.41) is 0. The lowest BCUT2D eigenvalue weighted by molar-refractivity contribution is -0.153. The summed E-state index contributed by atoms with van der Waals surface area (Å²) in [6, 6.07) is 0. The van der Waals surface area contributed by atoms with Gasteiger partial charge in [0.2, 0.25) is 0 Å². The van der Waals surface area contributed by atoms with Crippen LogP contribution in [-0.2, 0) is 9.53 Å². The molecule has 0 spiro atoms. The molecule has 2 nitrogen and oxygen atoms in total. The third kappa shape index (κ3) is 15.0. The summed E-state index contributed by atoms with van der Waals surface area (Å²) < 4.78 is 5.38. The summed E-state index contributed by atoms with van der Waals surface area (Å²) in [5.41, 5.74) is 0. The van der Waals surface area contributed by atoms with Crippen molar-refractivity contribution in [2.45, 2.75) is 130 Å².